The molecule has 0 aromatic rings. The molecule has 0 radical (unpaired) electrons. The first-order chi connectivity index (χ1) is 6.18. The molecule has 0 bridgehead atoms. The Kier molecular flexibility index (Phi) is 5.08. The van der Waals surface area contributed by atoms with Gasteiger partial charge in [-0.2, -0.15) is 0 Å². The summed E-state index contributed by atoms with van der Waals surface area (Å²) in [4.78, 5) is 0. The predicted molar refractivity (Wildman–Crippen MR) is 50.1 cm³/mol. The number of nitrogens with one attached hydrogen (secondary N) is 1. The first-order valence-corrected chi connectivity index (χ1v) is 3.99. The predicted octanol–water partition coefficient (Wildman–Crippen LogP) is 3.77. The molecule has 78 valence electrons. The lowest BCUT2D eigenvalue weighted by molar-refractivity contribution is 0.368. The van der Waals surface area contributed by atoms with Crippen molar-refractivity contribution in [1.29, 1.82) is 5.41 Å². The second kappa shape index (κ2) is 5.31. The lowest BCUT2D eigenvalue weighted by atomic mass is 10.1. The second-order valence-electron chi connectivity index (χ2n) is 2.15. The summed E-state index contributed by atoms with van der Waals surface area (Å²) in [5, 5.41) is 8.12. The normalized spacial score (nSPS) is 16.0. The third kappa shape index (κ3) is 9.47. The van der Waals surface area contributed by atoms with E-state index in [-0.39, 0.29) is 0 Å². The maximum atomic E-state index is 9.75. The molecule has 0 aromatic carbocycles. The summed E-state index contributed by atoms with van der Waals surface area (Å²) < 4.78 is 39.0. The lowest BCUT2D eigenvalue weighted by Gasteiger charge is -1.94. The van der Waals surface area contributed by atoms with Crippen LogP contribution < -0.4 is 0 Å². The minimum atomic E-state index is -6.00. The molecule has 0 spiro atoms. The van der Waals surface area contributed by atoms with E-state index in [0.717, 1.165) is 0 Å². The van der Waals surface area contributed by atoms with Gasteiger partial charge in [0, 0.05) is 0 Å². The molecule has 8 heteroatoms. The molecule has 0 saturated carbocycles. The van der Waals surface area contributed by atoms with Crippen molar-refractivity contribution in [2.45, 2.75) is 0 Å². The Morgan fingerprint density at radius 3 is 1.86 bits per heavy atom. The van der Waals surface area contributed by atoms with Crippen molar-refractivity contribution in [3.8, 4) is 0 Å². The second-order valence-corrected chi connectivity index (χ2v) is 3.03. The van der Waals surface area contributed by atoms with Crippen LogP contribution in [0.1, 0.15) is 0 Å². The maximum Gasteiger partial charge on any atom is 0.673 e. The molecule has 14 heavy (non-hydrogen) atoms. The Hall–Kier alpha value is -0.615. The summed E-state index contributed by atoms with van der Waals surface area (Å²) in [5.41, 5.74) is 0.340. The average molecular weight is 248 g/mol. The van der Waals surface area contributed by atoms with Crippen molar-refractivity contribution >= 4 is 36.2 Å². The van der Waals surface area contributed by atoms with Crippen LogP contribution in [0.25, 0.3) is 0 Å². The highest BCUT2D eigenvalue weighted by Crippen LogP contribution is 2.19. The summed E-state index contributed by atoms with van der Waals surface area (Å²) >= 11 is 11.1. The van der Waals surface area contributed by atoms with Crippen LogP contribution >= 0.6 is 23.2 Å². The van der Waals surface area contributed by atoms with Crippen LogP contribution in [0.3, 0.4) is 0 Å². The van der Waals surface area contributed by atoms with E-state index in [9.17, 15) is 17.3 Å². The Labute approximate surface area is 88.0 Å². The van der Waals surface area contributed by atoms with Gasteiger partial charge in [0.1, 0.15) is 0 Å². The maximum absolute atomic E-state index is 9.75. The first kappa shape index (κ1) is 13.4. The van der Waals surface area contributed by atoms with Crippen molar-refractivity contribution in [1.82, 2.24) is 0 Å². The van der Waals surface area contributed by atoms with Gasteiger partial charge in [0.15, 0.2) is 15.8 Å². The molecule has 1 nitrogen and oxygen atoms in total. The topological polar surface area (TPSA) is 23.9 Å². The molecule has 0 saturated heterocycles. The zero-order chi connectivity index (χ0) is 11.4. The molecule has 0 unspecified atom stereocenters. The number of rotatable bonds is 0. The molecule has 1 aliphatic carbocycles. The van der Waals surface area contributed by atoms with Crippen LogP contribution in [0.4, 0.5) is 17.3 Å². The van der Waals surface area contributed by atoms with Crippen LogP contribution in [0.2, 0.25) is 0 Å². The van der Waals surface area contributed by atoms with Crippen molar-refractivity contribution in [3.63, 3.8) is 0 Å². The fourth-order valence-corrected chi connectivity index (χ4v) is 1.08. The van der Waals surface area contributed by atoms with Crippen LogP contribution in [0, 0.1) is 11.8 Å². The van der Waals surface area contributed by atoms with Gasteiger partial charge in [-0.1, -0.05) is 23.2 Å². The average Bonchev–Trinajstić information content (AvgIpc) is 1.77. The highest BCUT2D eigenvalue weighted by atomic mass is 35.5. The van der Waals surface area contributed by atoms with Gasteiger partial charge < -0.3 is 17.3 Å². The van der Waals surface area contributed by atoms with E-state index in [2.05, 4.69) is 0 Å². The fourth-order valence-electron chi connectivity index (χ4n) is 0.554. The number of hydrogen-bond acceptors (Lipinski definition) is 1. The van der Waals surface area contributed by atoms with E-state index in [0.29, 0.717) is 15.8 Å². The van der Waals surface area contributed by atoms with E-state index >= 15 is 0 Å². The lowest BCUT2D eigenvalue weighted by Crippen LogP contribution is -2.02. The number of allylic oxidation sites excluding steroid dienone is 4. The number of hydrogen-bond donors (Lipinski definition) is 1. The van der Waals surface area contributed by atoms with E-state index in [1.165, 1.54) is 12.5 Å². The summed E-state index contributed by atoms with van der Waals surface area (Å²) in [5.74, 6) is 0. The Balaban J connectivity index is 0.000000292. The van der Waals surface area contributed by atoms with Gasteiger partial charge in [0.2, 0.25) is 0 Å². The highest BCUT2D eigenvalue weighted by Gasteiger charge is 2.20. The van der Waals surface area contributed by atoms with Crippen molar-refractivity contribution in [2.75, 3.05) is 0 Å². The molecule has 0 atom stereocenters. The summed E-state index contributed by atoms with van der Waals surface area (Å²) in [6, 6.07) is 0. The minimum absolute atomic E-state index is 0.340. The zero-order valence-electron chi connectivity index (χ0n) is 6.58. The summed E-state index contributed by atoms with van der Waals surface area (Å²) in [6.07, 6.45) is 4.67. The summed E-state index contributed by atoms with van der Waals surface area (Å²) in [7, 11) is -6.00. The summed E-state index contributed by atoms with van der Waals surface area (Å²) in [6.45, 7) is 0. The van der Waals surface area contributed by atoms with Gasteiger partial charge in [-0.05, 0) is 0 Å². The molecule has 0 aliphatic heterocycles. The molecular weight excluding hydrogens is 244 g/mol. The monoisotopic (exact) mass is 247 g/mol. The third-order valence-electron chi connectivity index (χ3n) is 0.863. The van der Waals surface area contributed by atoms with Crippen molar-refractivity contribution in [2.24, 2.45) is 0 Å². The van der Waals surface area contributed by atoms with Crippen molar-refractivity contribution < 1.29 is 17.3 Å². The largest absolute Gasteiger partial charge is 0.673 e. The molecule has 1 aliphatic rings. The van der Waals surface area contributed by atoms with E-state index in [4.69, 9.17) is 28.6 Å². The molecule has 0 heterocycles. The van der Waals surface area contributed by atoms with Crippen LogP contribution in [-0.2, 0) is 0 Å². The molecule has 1 N–H and O–H groups in total. The van der Waals surface area contributed by atoms with Crippen LogP contribution in [0.15, 0.2) is 22.2 Å². The third-order valence-corrected chi connectivity index (χ3v) is 1.30. The highest BCUT2D eigenvalue weighted by molar-refractivity contribution is 6.50. The Bertz CT molecular complexity index is 278. The van der Waals surface area contributed by atoms with Gasteiger partial charge in [-0.3, -0.25) is 5.41 Å². The van der Waals surface area contributed by atoms with E-state index < -0.39 is 7.25 Å². The van der Waals surface area contributed by atoms with Crippen LogP contribution in [-0.4, -0.2) is 13.0 Å². The molecule has 1 rings (SSSR count). The van der Waals surface area contributed by atoms with Gasteiger partial charge in [-0.15, -0.1) is 0 Å². The molecule has 0 fully saturated rings. The van der Waals surface area contributed by atoms with E-state index in [1.54, 1.807) is 6.08 Å². The van der Waals surface area contributed by atoms with Gasteiger partial charge >= 0.3 is 7.25 Å². The molecule has 0 amide bonds. The Morgan fingerprint density at radius 1 is 1.14 bits per heavy atom. The first-order valence-electron chi connectivity index (χ1n) is 3.23. The van der Waals surface area contributed by atoms with Gasteiger partial charge in [0.05, 0.1) is 18.6 Å². The van der Waals surface area contributed by atoms with Gasteiger partial charge in [0.25, 0.3) is 0 Å². The fraction of sp³-hybridized carbons (Fsp3) is 0. The quantitative estimate of drug-likeness (QED) is 0.383. The molecular formula is C6H4BCl2F4N. The SMILES string of the molecule is F[B-](F)(F)F.N=C1C=C(Cl)C=C(Cl)[CH+]1. The standard InChI is InChI=1S/C6H4Cl2N.BF4/c7-4-1-5(8)3-6(9)2-4;2-1(3,4)5/h1-3,9H;/q+1;-1. The Morgan fingerprint density at radius 2 is 1.57 bits per heavy atom. The minimum Gasteiger partial charge on any atom is -0.418 e. The smallest absolute Gasteiger partial charge is 0.418 e. The van der Waals surface area contributed by atoms with Gasteiger partial charge in [-0.25, -0.2) is 0 Å². The van der Waals surface area contributed by atoms with E-state index in [1.807, 2.05) is 0 Å². The van der Waals surface area contributed by atoms with Crippen molar-refractivity contribution in [3.05, 3.63) is 28.6 Å². The van der Waals surface area contributed by atoms with Crippen LogP contribution in [0.5, 0.6) is 0 Å². The number of halogens is 6. The molecule has 0 aromatic heterocycles. The zero-order valence-corrected chi connectivity index (χ0v) is 8.09.